The van der Waals surface area contributed by atoms with Crippen LogP contribution in [0.15, 0.2) is 36.4 Å². The van der Waals surface area contributed by atoms with Gasteiger partial charge in [-0.15, -0.1) is 0 Å². The van der Waals surface area contributed by atoms with Gasteiger partial charge in [-0.05, 0) is 41.0 Å². The molecule has 4 heteroatoms. The predicted molar refractivity (Wildman–Crippen MR) is 120 cm³/mol. The molecule has 0 bridgehead atoms. The minimum absolute atomic E-state index is 0.0243. The van der Waals surface area contributed by atoms with Gasteiger partial charge in [0.25, 0.3) is 0 Å². The van der Waals surface area contributed by atoms with Crippen LogP contribution in [0.4, 0.5) is 0 Å². The van der Waals surface area contributed by atoms with Gasteiger partial charge in [-0.3, -0.25) is 4.79 Å². The molecule has 4 nitrogen and oxygen atoms in total. The third-order valence-corrected chi connectivity index (χ3v) is 5.46. The van der Waals surface area contributed by atoms with Crippen molar-refractivity contribution < 1.29 is 19.0 Å². The van der Waals surface area contributed by atoms with Gasteiger partial charge in [0.2, 0.25) is 0 Å². The molecule has 0 saturated heterocycles. The van der Waals surface area contributed by atoms with Crippen LogP contribution in [0.25, 0.3) is 0 Å². The van der Waals surface area contributed by atoms with Gasteiger partial charge in [-0.25, -0.2) is 0 Å². The first-order valence-electron chi connectivity index (χ1n) is 10.7. The van der Waals surface area contributed by atoms with Crippen LogP contribution in [0.2, 0.25) is 0 Å². The molecule has 3 rings (SSSR count). The number of esters is 1. The molecular formula is C26H34O4. The Kier molecular flexibility index (Phi) is 6.28. The highest BCUT2D eigenvalue weighted by Gasteiger charge is 2.39. The Morgan fingerprint density at radius 2 is 1.60 bits per heavy atom. The fraction of sp³-hybridized carbons (Fsp3) is 0.500. The quantitative estimate of drug-likeness (QED) is 0.346. The van der Waals surface area contributed by atoms with Crippen LogP contribution in [-0.4, -0.2) is 25.8 Å². The summed E-state index contributed by atoms with van der Waals surface area (Å²) in [6.45, 7) is 16.8. The number of hydrogen-bond donors (Lipinski definition) is 0. The van der Waals surface area contributed by atoms with Gasteiger partial charge in [0.15, 0.2) is 0 Å². The number of hydrogen-bond acceptors (Lipinski definition) is 4. The zero-order valence-electron chi connectivity index (χ0n) is 19.3. The molecule has 2 aromatic rings. The Morgan fingerprint density at radius 1 is 0.933 bits per heavy atom. The molecule has 0 spiro atoms. The first-order valence-corrected chi connectivity index (χ1v) is 10.7. The Bertz CT molecular complexity index is 898. The van der Waals surface area contributed by atoms with E-state index in [1.807, 2.05) is 31.2 Å². The van der Waals surface area contributed by atoms with Crippen LogP contribution in [0, 0.1) is 0 Å². The molecule has 1 unspecified atom stereocenters. The second-order valence-electron chi connectivity index (χ2n) is 9.91. The fourth-order valence-electron chi connectivity index (χ4n) is 3.69. The number of carbonyl (C=O) groups is 1. The van der Waals surface area contributed by atoms with Crippen molar-refractivity contribution in [2.24, 2.45) is 0 Å². The van der Waals surface area contributed by atoms with Crippen LogP contribution in [0.1, 0.15) is 76.6 Å². The van der Waals surface area contributed by atoms with E-state index in [1.54, 1.807) is 0 Å². The normalized spacial score (nSPS) is 16.4. The molecule has 0 aromatic heterocycles. The average molecular weight is 411 g/mol. The minimum atomic E-state index is -0.416. The van der Waals surface area contributed by atoms with Gasteiger partial charge in [0.1, 0.15) is 24.0 Å². The summed E-state index contributed by atoms with van der Waals surface area (Å²) in [5.41, 5.74) is 4.02. The first kappa shape index (κ1) is 22.4. The van der Waals surface area contributed by atoms with E-state index >= 15 is 0 Å². The second kappa shape index (κ2) is 8.43. The second-order valence-corrected chi connectivity index (χ2v) is 9.91. The van der Waals surface area contributed by atoms with Gasteiger partial charge in [0, 0.05) is 17.7 Å². The number of carbonyl (C=O) groups excluding carboxylic acids is 1. The third-order valence-electron chi connectivity index (χ3n) is 5.46. The van der Waals surface area contributed by atoms with Gasteiger partial charge in [-0.1, -0.05) is 65.8 Å². The maximum Gasteiger partial charge on any atom is 0.323 e. The van der Waals surface area contributed by atoms with E-state index in [0.717, 1.165) is 28.2 Å². The fourth-order valence-corrected chi connectivity index (χ4v) is 3.69. The van der Waals surface area contributed by atoms with Crippen molar-refractivity contribution in [3.63, 3.8) is 0 Å². The Balaban J connectivity index is 1.97. The lowest BCUT2D eigenvalue weighted by atomic mass is 9.77. The van der Waals surface area contributed by atoms with Crippen LogP contribution in [0.3, 0.4) is 0 Å². The van der Waals surface area contributed by atoms with Crippen LogP contribution in [-0.2, 0) is 20.4 Å². The highest BCUT2D eigenvalue weighted by molar-refractivity contribution is 5.90. The number of benzene rings is 2. The van der Waals surface area contributed by atoms with E-state index in [4.69, 9.17) is 14.2 Å². The summed E-state index contributed by atoms with van der Waals surface area (Å²) in [6.07, 6.45) is 0. The molecule has 0 saturated carbocycles. The van der Waals surface area contributed by atoms with Crippen molar-refractivity contribution in [1.29, 1.82) is 0 Å². The van der Waals surface area contributed by atoms with Crippen molar-refractivity contribution in [3.8, 4) is 11.5 Å². The molecular weight excluding hydrogens is 376 g/mol. The molecule has 1 atom stereocenters. The molecule has 1 aliphatic heterocycles. The molecule has 0 aliphatic carbocycles. The monoisotopic (exact) mass is 410 g/mol. The van der Waals surface area contributed by atoms with E-state index in [2.05, 4.69) is 53.7 Å². The maximum absolute atomic E-state index is 12.9. The Hall–Kier alpha value is -2.33. The van der Waals surface area contributed by atoms with Gasteiger partial charge < -0.3 is 14.2 Å². The summed E-state index contributed by atoms with van der Waals surface area (Å²) in [6, 6.07) is 12.1. The molecule has 2 aromatic carbocycles. The molecule has 30 heavy (non-hydrogen) atoms. The van der Waals surface area contributed by atoms with E-state index in [0.29, 0.717) is 19.8 Å². The van der Waals surface area contributed by atoms with E-state index in [1.165, 1.54) is 5.56 Å². The van der Waals surface area contributed by atoms with E-state index in [9.17, 15) is 4.79 Å². The minimum Gasteiger partial charge on any atom is -0.491 e. The van der Waals surface area contributed by atoms with Crippen LogP contribution in [0.5, 0.6) is 11.5 Å². The number of rotatable bonds is 6. The zero-order chi connectivity index (χ0) is 22.1. The Morgan fingerprint density at radius 3 is 2.17 bits per heavy atom. The maximum atomic E-state index is 12.9. The van der Waals surface area contributed by atoms with Crippen molar-refractivity contribution in [2.45, 2.75) is 65.2 Å². The van der Waals surface area contributed by atoms with Crippen LogP contribution >= 0.6 is 0 Å². The van der Waals surface area contributed by atoms with Crippen molar-refractivity contribution >= 4 is 5.97 Å². The molecule has 162 valence electrons. The highest BCUT2D eigenvalue weighted by atomic mass is 16.5. The topological polar surface area (TPSA) is 44.8 Å². The summed E-state index contributed by atoms with van der Waals surface area (Å²) in [4.78, 5) is 12.9. The lowest BCUT2D eigenvalue weighted by Crippen LogP contribution is -2.17. The summed E-state index contributed by atoms with van der Waals surface area (Å²) >= 11 is 0. The molecule has 0 amide bonds. The Labute approximate surface area is 180 Å². The molecule has 1 aliphatic rings. The number of fused-ring (bicyclic) bond motifs is 1. The van der Waals surface area contributed by atoms with Crippen LogP contribution < -0.4 is 9.47 Å². The summed E-state index contributed by atoms with van der Waals surface area (Å²) < 4.78 is 16.8. The summed E-state index contributed by atoms with van der Waals surface area (Å²) in [5.74, 6) is 0.860. The predicted octanol–water partition coefficient (Wildman–Crippen LogP) is 5.75. The lowest BCUT2D eigenvalue weighted by molar-refractivity contribution is -0.133. The standard InChI is InChI=1S/C26H34O4/c1-8-28-13-14-29-19-11-9-17(10-12-19)22-20-15-18(25(2,3)4)16-21(26(5,6)7)23(20)30-24(22)27/h9-12,15-16,22H,8,13-14H2,1-7H3. The SMILES string of the molecule is CCOCCOc1ccc(C2C(=O)Oc3c2cc(C(C)(C)C)cc3C(C)(C)C)cc1. The number of ether oxygens (including phenoxy) is 3. The van der Waals surface area contributed by atoms with Gasteiger partial charge in [0.05, 0.1) is 6.61 Å². The third kappa shape index (κ3) is 4.70. The van der Waals surface area contributed by atoms with Crippen molar-refractivity contribution in [3.05, 3.63) is 58.7 Å². The summed E-state index contributed by atoms with van der Waals surface area (Å²) in [5, 5.41) is 0. The first-order chi connectivity index (χ1) is 14.0. The smallest absolute Gasteiger partial charge is 0.323 e. The molecule has 0 fully saturated rings. The van der Waals surface area contributed by atoms with E-state index in [-0.39, 0.29) is 16.8 Å². The summed E-state index contributed by atoms with van der Waals surface area (Å²) in [7, 11) is 0. The molecule has 0 radical (unpaired) electrons. The van der Waals surface area contributed by atoms with Gasteiger partial charge >= 0.3 is 5.97 Å². The largest absolute Gasteiger partial charge is 0.491 e. The van der Waals surface area contributed by atoms with E-state index < -0.39 is 5.92 Å². The lowest BCUT2D eigenvalue weighted by Gasteiger charge is -2.27. The van der Waals surface area contributed by atoms with Crippen molar-refractivity contribution in [2.75, 3.05) is 19.8 Å². The zero-order valence-corrected chi connectivity index (χ0v) is 19.3. The highest BCUT2D eigenvalue weighted by Crippen LogP contribution is 2.47. The molecule has 0 N–H and O–H groups in total. The molecule has 1 heterocycles. The van der Waals surface area contributed by atoms with Crippen molar-refractivity contribution in [1.82, 2.24) is 0 Å². The average Bonchev–Trinajstić information content (AvgIpc) is 2.99. The van der Waals surface area contributed by atoms with Gasteiger partial charge in [-0.2, -0.15) is 0 Å².